The van der Waals surface area contributed by atoms with Crippen LogP contribution in [0, 0.1) is 0 Å². The summed E-state index contributed by atoms with van der Waals surface area (Å²) in [6.07, 6.45) is -0.104. The molecule has 0 unspecified atom stereocenters. The average molecular weight is 269 g/mol. The second kappa shape index (κ2) is 4.05. The van der Waals surface area contributed by atoms with Crippen molar-refractivity contribution in [2.75, 3.05) is 18.0 Å². The Morgan fingerprint density at radius 3 is 2.78 bits per heavy atom. The number of aromatic nitrogens is 1. The van der Waals surface area contributed by atoms with Crippen molar-refractivity contribution in [3.63, 3.8) is 0 Å². The second-order valence-electron chi connectivity index (χ2n) is 4.53. The van der Waals surface area contributed by atoms with Gasteiger partial charge in [-0.05, 0) is 30.3 Å². The number of fused-ring (bicyclic) bond motifs is 1. The molecule has 1 aromatic carbocycles. The van der Waals surface area contributed by atoms with Crippen molar-refractivity contribution in [2.45, 2.75) is 12.3 Å². The fraction of sp³-hybridized carbons (Fsp3) is 0.308. The first kappa shape index (κ1) is 11.7. The van der Waals surface area contributed by atoms with Crippen LogP contribution in [0.15, 0.2) is 30.3 Å². The minimum Gasteiger partial charge on any atom is -0.350 e. The number of halogens is 3. The highest BCUT2D eigenvalue weighted by Crippen LogP contribution is 2.30. The Balaban J connectivity index is 1.97. The molecule has 18 heavy (non-hydrogen) atoms. The van der Waals surface area contributed by atoms with Crippen molar-refractivity contribution in [1.29, 1.82) is 0 Å². The highest BCUT2D eigenvalue weighted by Gasteiger charge is 2.38. The number of rotatable bonds is 1. The lowest BCUT2D eigenvalue weighted by Crippen LogP contribution is -2.25. The molecule has 1 aromatic heterocycles. The predicted molar refractivity (Wildman–Crippen MR) is 68.5 cm³/mol. The number of anilines is 1. The number of benzene rings is 1. The van der Waals surface area contributed by atoms with Crippen LogP contribution in [-0.4, -0.2) is 24.0 Å². The number of alkyl halides is 2. The molecule has 2 nitrogen and oxygen atoms in total. The van der Waals surface area contributed by atoms with Crippen LogP contribution in [0.1, 0.15) is 6.42 Å². The maximum Gasteiger partial charge on any atom is 0.266 e. The number of hydrogen-bond acceptors (Lipinski definition) is 2. The molecule has 94 valence electrons. The zero-order chi connectivity index (χ0) is 12.8. The van der Waals surface area contributed by atoms with E-state index in [-0.39, 0.29) is 13.0 Å². The number of pyridine rings is 1. The summed E-state index contributed by atoms with van der Waals surface area (Å²) in [6.45, 7) is 0.0954. The molecular weight excluding hydrogens is 258 g/mol. The van der Waals surface area contributed by atoms with Gasteiger partial charge in [0.25, 0.3) is 5.92 Å². The monoisotopic (exact) mass is 268 g/mol. The Hall–Kier alpha value is -1.42. The van der Waals surface area contributed by atoms with Crippen LogP contribution in [0.25, 0.3) is 10.9 Å². The van der Waals surface area contributed by atoms with E-state index in [1.807, 2.05) is 12.1 Å². The quantitative estimate of drug-likeness (QED) is 0.783. The minimum atomic E-state index is -2.60. The molecule has 0 atom stereocenters. The molecule has 3 rings (SSSR count). The van der Waals surface area contributed by atoms with Gasteiger partial charge in [0.2, 0.25) is 0 Å². The summed E-state index contributed by atoms with van der Waals surface area (Å²) in [6, 6.07) is 8.99. The molecule has 0 saturated carbocycles. The van der Waals surface area contributed by atoms with Crippen molar-refractivity contribution in [3.05, 3.63) is 35.4 Å². The summed E-state index contributed by atoms with van der Waals surface area (Å²) in [5.74, 6) is -2.00. The zero-order valence-electron chi connectivity index (χ0n) is 9.54. The van der Waals surface area contributed by atoms with Crippen LogP contribution in [0.4, 0.5) is 14.6 Å². The first-order valence-corrected chi connectivity index (χ1v) is 6.10. The fourth-order valence-corrected chi connectivity index (χ4v) is 2.37. The highest BCUT2D eigenvalue weighted by atomic mass is 35.5. The van der Waals surface area contributed by atoms with Gasteiger partial charge in [0.1, 0.15) is 5.82 Å². The van der Waals surface area contributed by atoms with Crippen molar-refractivity contribution in [3.8, 4) is 0 Å². The normalized spacial score (nSPS) is 18.5. The fourth-order valence-electron chi connectivity index (χ4n) is 2.19. The van der Waals surface area contributed by atoms with Gasteiger partial charge in [-0.25, -0.2) is 13.8 Å². The standard InChI is InChI=1S/C13H11ClF2N2/c14-10-2-3-11-9(7-10)1-4-12(17-11)18-6-5-13(15,16)8-18/h1-4,7H,5-6,8H2. The summed E-state index contributed by atoms with van der Waals surface area (Å²) in [5, 5.41) is 1.56. The largest absolute Gasteiger partial charge is 0.350 e. The van der Waals surface area contributed by atoms with Crippen LogP contribution < -0.4 is 4.90 Å². The van der Waals surface area contributed by atoms with Crippen molar-refractivity contribution in [1.82, 2.24) is 4.98 Å². The lowest BCUT2D eigenvalue weighted by Gasteiger charge is -2.17. The first-order chi connectivity index (χ1) is 8.53. The van der Waals surface area contributed by atoms with Crippen LogP contribution >= 0.6 is 11.6 Å². The second-order valence-corrected chi connectivity index (χ2v) is 4.97. The third kappa shape index (κ3) is 2.12. The molecule has 0 bridgehead atoms. The summed E-state index contributed by atoms with van der Waals surface area (Å²) in [5.41, 5.74) is 0.770. The molecule has 1 aliphatic heterocycles. The van der Waals surface area contributed by atoms with Gasteiger partial charge in [0.05, 0.1) is 12.1 Å². The lowest BCUT2D eigenvalue weighted by molar-refractivity contribution is 0.0257. The third-order valence-corrected chi connectivity index (χ3v) is 3.37. The van der Waals surface area contributed by atoms with Gasteiger partial charge in [-0.2, -0.15) is 0 Å². The third-order valence-electron chi connectivity index (χ3n) is 3.13. The summed E-state index contributed by atoms with van der Waals surface area (Å²) >= 11 is 5.89. The Labute approximate surface area is 108 Å². The van der Waals surface area contributed by atoms with E-state index in [4.69, 9.17) is 11.6 Å². The molecule has 1 saturated heterocycles. The molecule has 0 radical (unpaired) electrons. The van der Waals surface area contributed by atoms with Crippen LogP contribution in [0.3, 0.4) is 0 Å². The number of hydrogen-bond donors (Lipinski definition) is 0. The van der Waals surface area contributed by atoms with Crippen molar-refractivity contribution >= 4 is 28.3 Å². The molecule has 0 N–H and O–H groups in total. The molecule has 1 fully saturated rings. The van der Waals surface area contributed by atoms with Crippen LogP contribution in [-0.2, 0) is 0 Å². The van der Waals surface area contributed by atoms with Gasteiger partial charge >= 0.3 is 0 Å². The van der Waals surface area contributed by atoms with Gasteiger partial charge in [-0.1, -0.05) is 11.6 Å². The molecule has 0 amide bonds. The summed E-state index contributed by atoms with van der Waals surface area (Å²) in [7, 11) is 0. The maximum atomic E-state index is 13.2. The van der Waals surface area contributed by atoms with Crippen LogP contribution in [0.5, 0.6) is 0 Å². The van der Waals surface area contributed by atoms with Crippen molar-refractivity contribution in [2.24, 2.45) is 0 Å². The van der Waals surface area contributed by atoms with E-state index in [0.29, 0.717) is 17.4 Å². The van der Waals surface area contributed by atoms with E-state index >= 15 is 0 Å². The van der Waals surface area contributed by atoms with Gasteiger partial charge in [0.15, 0.2) is 0 Å². The maximum absolute atomic E-state index is 13.2. The van der Waals surface area contributed by atoms with Gasteiger partial charge in [-0.15, -0.1) is 0 Å². The van der Waals surface area contributed by atoms with E-state index in [1.54, 1.807) is 23.1 Å². The van der Waals surface area contributed by atoms with E-state index in [0.717, 1.165) is 10.9 Å². The molecule has 5 heteroatoms. The topological polar surface area (TPSA) is 16.1 Å². The molecule has 0 aliphatic carbocycles. The van der Waals surface area contributed by atoms with E-state index in [1.165, 1.54) is 0 Å². The predicted octanol–water partition coefficient (Wildman–Crippen LogP) is 3.73. The van der Waals surface area contributed by atoms with Gasteiger partial charge in [0, 0.05) is 23.4 Å². The van der Waals surface area contributed by atoms with Crippen LogP contribution in [0.2, 0.25) is 5.02 Å². The van der Waals surface area contributed by atoms with Gasteiger partial charge in [-0.3, -0.25) is 0 Å². The van der Waals surface area contributed by atoms with E-state index < -0.39 is 5.92 Å². The molecule has 0 spiro atoms. The first-order valence-electron chi connectivity index (χ1n) is 5.73. The molecular formula is C13H11ClF2N2. The Bertz CT molecular complexity index is 601. The molecule has 2 aromatic rings. The Kier molecular flexibility index (Phi) is 2.63. The number of nitrogens with zero attached hydrogens (tertiary/aromatic N) is 2. The van der Waals surface area contributed by atoms with Crippen molar-refractivity contribution < 1.29 is 8.78 Å². The smallest absolute Gasteiger partial charge is 0.266 e. The molecule has 2 heterocycles. The summed E-state index contributed by atoms with van der Waals surface area (Å²) in [4.78, 5) is 6.02. The van der Waals surface area contributed by atoms with E-state index in [9.17, 15) is 8.78 Å². The SMILES string of the molecule is FC1(F)CCN(c2ccc3cc(Cl)ccc3n2)C1. The minimum absolute atomic E-state index is 0.104. The lowest BCUT2D eigenvalue weighted by atomic mass is 10.2. The Morgan fingerprint density at radius 2 is 2.06 bits per heavy atom. The summed E-state index contributed by atoms with van der Waals surface area (Å²) < 4.78 is 26.3. The Morgan fingerprint density at radius 1 is 1.22 bits per heavy atom. The van der Waals surface area contributed by atoms with Gasteiger partial charge < -0.3 is 4.90 Å². The zero-order valence-corrected chi connectivity index (χ0v) is 10.3. The molecule has 1 aliphatic rings. The van der Waals surface area contributed by atoms with E-state index in [2.05, 4.69) is 4.98 Å². The highest BCUT2D eigenvalue weighted by molar-refractivity contribution is 6.31. The average Bonchev–Trinajstić information content (AvgIpc) is 2.69.